The first-order chi connectivity index (χ1) is 12.1. The number of hydrogen-bond donors (Lipinski definition) is 1. The van der Waals surface area contributed by atoms with Crippen molar-refractivity contribution in [1.29, 1.82) is 0 Å². The zero-order valence-corrected chi connectivity index (χ0v) is 17.2. The molecule has 1 unspecified atom stereocenters. The van der Waals surface area contributed by atoms with Gasteiger partial charge in [0.15, 0.2) is 5.96 Å². The summed E-state index contributed by atoms with van der Waals surface area (Å²) in [5, 5.41) is 3.33. The van der Waals surface area contributed by atoms with Crippen LogP contribution in [0.15, 0.2) is 29.3 Å². The number of halogens is 3. The van der Waals surface area contributed by atoms with Crippen molar-refractivity contribution in [2.24, 2.45) is 10.4 Å². The monoisotopic (exact) mass is 481 g/mol. The maximum Gasteiger partial charge on any atom is 0.387 e. The first kappa shape index (κ1) is 21.1. The van der Waals surface area contributed by atoms with Crippen LogP contribution in [0.25, 0.3) is 0 Å². The molecule has 5 nitrogen and oxygen atoms in total. The molecule has 2 aliphatic heterocycles. The number of aliphatic imine (C=N–C) groups is 1. The van der Waals surface area contributed by atoms with Gasteiger partial charge in [-0.1, -0.05) is 12.1 Å². The highest BCUT2D eigenvalue weighted by Crippen LogP contribution is 2.38. The van der Waals surface area contributed by atoms with E-state index in [-0.39, 0.29) is 35.1 Å². The molecule has 2 saturated heterocycles. The normalized spacial score (nSPS) is 22.8. The molecule has 2 fully saturated rings. The van der Waals surface area contributed by atoms with E-state index in [1.165, 1.54) is 6.07 Å². The molecule has 1 atom stereocenters. The van der Waals surface area contributed by atoms with Gasteiger partial charge in [0, 0.05) is 31.7 Å². The first-order valence-electron chi connectivity index (χ1n) is 8.75. The quantitative estimate of drug-likeness (QED) is 0.398. The van der Waals surface area contributed by atoms with Crippen molar-refractivity contribution in [3.63, 3.8) is 0 Å². The van der Waals surface area contributed by atoms with Crippen LogP contribution in [0.1, 0.15) is 25.3 Å². The summed E-state index contributed by atoms with van der Waals surface area (Å²) >= 11 is 0. The average molecular weight is 481 g/mol. The molecular formula is C18H26F2IN3O2. The Morgan fingerprint density at radius 2 is 2.27 bits per heavy atom. The summed E-state index contributed by atoms with van der Waals surface area (Å²) in [5.74, 6) is 1.03. The number of nitrogens with zero attached hydrogens (tertiary/aromatic N) is 2. The number of alkyl halides is 2. The molecule has 146 valence electrons. The molecule has 8 heteroatoms. The highest BCUT2D eigenvalue weighted by atomic mass is 127. The van der Waals surface area contributed by atoms with Gasteiger partial charge in [-0.2, -0.15) is 8.78 Å². The molecule has 1 spiro atoms. The van der Waals surface area contributed by atoms with Crippen molar-refractivity contribution in [1.82, 2.24) is 10.2 Å². The fourth-order valence-electron chi connectivity index (χ4n) is 3.50. The van der Waals surface area contributed by atoms with E-state index >= 15 is 0 Å². The van der Waals surface area contributed by atoms with Crippen LogP contribution in [0.4, 0.5) is 8.78 Å². The Morgan fingerprint density at radius 3 is 2.96 bits per heavy atom. The Hall–Kier alpha value is -1.16. The van der Waals surface area contributed by atoms with Crippen LogP contribution in [0, 0.1) is 5.41 Å². The smallest absolute Gasteiger partial charge is 0.387 e. The zero-order chi connectivity index (χ0) is 17.7. The lowest BCUT2D eigenvalue weighted by Crippen LogP contribution is -2.41. The molecule has 26 heavy (non-hydrogen) atoms. The minimum absolute atomic E-state index is 0. The molecule has 2 aliphatic rings. The molecule has 1 aromatic rings. The minimum Gasteiger partial charge on any atom is -0.435 e. The third-order valence-corrected chi connectivity index (χ3v) is 4.79. The number of guanidine groups is 1. The van der Waals surface area contributed by atoms with Gasteiger partial charge in [0.05, 0.1) is 13.2 Å². The fraction of sp³-hybridized carbons (Fsp3) is 0.611. The van der Waals surface area contributed by atoms with Crippen LogP contribution in [-0.2, 0) is 11.3 Å². The summed E-state index contributed by atoms with van der Waals surface area (Å²) in [6.07, 6.45) is 2.23. The lowest BCUT2D eigenvalue weighted by molar-refractivity contribution is -0.0498. The van der Waals surface area contributed by atoms with E-state index in [9.17, 15) is 8.78 Å². The molecule has 0 bridgehead atoms. The fourth-order valence-corrected chi connectivity index (χ4v) is 3.50. The van der Waals surface area contributed by atoms with Crippen LogP contribution in [0.3, 0.4) is 0 Å². The van der Waals surface area contributed by atoms with Gasteiger partial charge in [0.2, 0.25) is 0 Å². The topological polar surface area (TPSA) is 46.1 Å². The van der Waals surface area contributed by atoms with E-state index in [1.54, 1.807) is 12.1 Å². The predicted octanol–water partition coefficient (Wildman–Crippen LogP) is 3.48. The van der Waals surface area contributed by atoms with E-state index in [1.807, 2.05) is 13.0 Å². The van der Waals surface area contributed by atoms with Gasteiger partial charge in [-0.15, -0.1) is 24.0 Å². The molecule has 0 amide bonds. The predicted molar refractivity (Wildman–Crippen MR) is 107 cm³/mol. The maximum atomic E-state index is 12.3. The number of rotatable bonds is 5. The number of ether oxygens (including phenoxy) is 2. The Morgan fingerprint density at radius 1 is 1.42 bits per heavy atom. The van der Waals surface area contributed by atoms with E-state index in [4.69, 9.17) is 4.74 Å². The molecule has 0 radical (unpaired) electrons. The standard InChI is InChI=1S/C18H25F2N3O2.HI/c1-2-21-17(23-8-6-18(12-23)7-9-24-13-18)22-11-14-4-3-5-15(10-14)25-16(19)20;/h3-5,10,16H,2,6-9,11-13H2,1H3,(H,21,22);1H. The van der Waals surface area contributed by atoms with Gasteiger partial charge in [-0.25, -0.2) is 4.99 Å². The van der Waals surface area contributed by atoms with E-state index in [0.717, 1.165) is 57.2 Å². The third kappa shape index (κ3) is 5.42. The second-order valence-electron chi connectivity index (χ2n) is 6.67. The lowest BCUT2D eigenvalue weighted by Gasteiger charge is -2.25. The van der Waals surface area contributed by atoms with Crippen molar-refractivity contribution in [3.05, 3.63) is 29.8 Å². The van der Waals surface area contributed by atoms with Crippen molar-refractivity contribution < 1.29 is 18.3 Å². The number of benzene rings is 1. The molecule has 1 N–H and O–H groups in total. The van der Waals surface area contributed by atoms with E-state index < -0.39 is 6.61 Å². The minimum atomic E-state index is -2.81. The van der Waals surface area contributed by atoms with E-state index in [2.05, 4.69) is 19.9 Å². The first-order valence-corrected chi connectivity index (χ1v) is 8.75. The number of nitrogens with one attached hydrogen (secondary N) is 1. The number of likely N-dealkylation sites (tertiary alicyclic amines) is 1. The zero-order valence-electron chi connectivity index (χ0n) is 14.9. The van der Waals surface area contributed by atoms with Crippen LogP contribution in [0.5, 0.6) is 5.75 Å². The molecule has 0 saturated carbocycles. The van der Waals surface area contributed by atoms with Gasteiger partial charge in [-0.05, 0) is 37.5 Å². The SMILES string of the molecule is CCNC(=NCc1cccc(OC(F)F)c1)N1CCC2(CCOC2)C1.I. The molecule has 2 heterocycles. The van der Waals surface area contributed by atoms with Crippen LogP contribution in [-0.4, -0.2) is 50.3 Å². The van der Waals surface area contributed by atoms with Crippen molar-refractivity contribution in [3.8, 4) is 5.75 Å². The van der Waals surface area contributed by atoms with Crippen molar-refractivity contribution >= 4 is 29.9 Å². The summed E-state index contributed by atoms with van der Waals surface area (Å²) in [4.78, 5) is 6.96. The highest BCUT2D eigenvalue weighted by molar-refractivity contribution is 14.0. The van der Waals surface area contributed by atoms with Crippen LogP contribution < -0.4 is 10.1 Å². The Labute approximate surface area is 170 Å². The second kappa shape index (κ2) is 9.68. The highest BCUT2D eigenvalue weighted by Gasteiger charge is 2.42. The molecule has 0 aromatic heterocycles. The molecule has 0 aliphatic carbocycles. The second-order valence-corrected chi connectivity index (χ2v) is 6.67. The van der Waals surface area contributed by atoms with Gasteiger partial charge < -0.3 is 19.7 Å². The largest absolute Gasteiger partial charge is 0.435 e. The molecule has 1 aromatic carbocycles. The summed E-state index contributed by atoms with van der Waals surface area (Å²) in [6.45, 7) is 4.02. The maximum absolute atomic E-state index is 12.3. The molecular weight excluding hydrogens is 455 g/mol. The summed E-state index contributed by atoms with van der Waals surface area (Å²) in [5.41, 5.74) is 1.10. The average Bonchev–Trinajstić information content (AvgIpc) is 3.21. The number of hydrogen-bond acceptors (Lipinski definition) is 3. The van der Waals surface area contributed by atoms with E-state index in [0.29, 0.717) is 6.54 Å². The summed E-state index contributed by atoms with van der Waals surface area (Å²) < 4.78 is 34.7. The third-order valence-electron chi connectivity index (χ3n) is 4.79. The molecule has 3 rings (SSSR count). The van der Waals surface area contributed by atoms with Gasteiger partial charge >= 0.3 is 6.61 Å². The Balaban J connectivity index is 0.00000243. The van der Waals surface area contributed by atoms with Crippen molar-refractivity contribution in [2.45, 2.75) is 32.9 Å². The van der Waals surface area contributed by atoms with Gasteiger partial charge in [0.25, 0.3) is 0 Å². The summed E-state index contributed by atoms with van der Waals surface area (Å²) in [6, 6.07) is 6.70. The Kier molecular flexibility index (Phi) is 7.87. The summed E-state index contributed by atoms with van der Waals surface area (Å²) in [7, 11) is 0. The van der Waals surface area contributed by atoms with Gasteiger partial charge in [0.1, 0.15) is 5.75 Å². The van der Waals surface area contributed by atoms with Gasteiger partial charge in [-0.3, -0.25) is 0 Å². The Bertz CT molecular complexity index is 610. The van der Waals surface area contributed by atoms with Crippen LogP contribution in [0.2, 0.25) is 0 Å². The lowest BCUT2D eigenvalue weighted by atomic mass is 9.87. The van der Waals surface area contributed by atoms with Crippen molar-refractivity contribution in [2.75, 3.05) is 32.8 Å². The van der Waals surface area contributed by atoms with Crippen LogP contribution >= 0.6 is 24.0 Å².